The number of phenols is 1. The molecule has 4 rings (SSSR count). The van der Waals surface area contributed by atoms with Crippen LogP contribution in [0.2, 0.25) is 0 Å². The summed E-state index contributed by atoms with van der Waals surface area (Å²) in [4.78, 5) is 12.2. The van der Waals surface area contributed by atoms with Crippen molar-refractivity contribution in [3.8, 4) is 22.6 Å². The van der Waals surface area contributed by atoms with Crippen LogP contribution in [-0.4, -0.2) is 9.67 Å². The van der Waals surface area contributed by atoms with Crippen LogP contribution in [-0.2, 0) is 0 Å². The quantitative estimate of drug-likeness (QED) is 0.573. The summed E-state index contributed by atoms with van der Waals surface area (Å²) < 4.78 is 29.5. The Hall–Kier alpha value is -3.47. The van der Waals surface area contributed by atoms with Gasteiger partial charge >= 0.3 is 0 Å². The third kappa shape index (κ3) is 2.73. The molecule has 4 aromatic rings. The number of nitrogens with zero attached hydrogens (tertiary/aromatic N) is 1. The predicted molar refractivity (Wildman–Crippen MR) is 96.6 cm³/mol. The molecule has 0 atom stereocenters. The maximum Gasteiger partial charge on any atom is 0.189 e. The van der Waals surface area contributed by atoms with Gasteiger partial charge in [-0.1, -0.05) is 12.1 Å². The van der Waals surface area contributed by atoms with E-state index in [2.05, 4.69) is 0 Å². The summed E-state index contributed by atoms with van der Waals surface area (Å²) in [6, 6.07) is 16.1. The van der Waals surface area contributed by atoms with E-state index in [4.69, 9.17) is 0 Å². The van der Waals surface area contributed by atoms with Crippen LogP contribution in [0.5, 0.6) is 5.75 Å². The summed E-state index contributed by atoms with van der Waals surface area (Å²) in [6.07, 6.45) is 1.58. The van der Waals surface area contributed by atoms with Crippen molar-refractivity contribution >= 4 is 10.9 Å². The van der Waals surface area contributed by atoms with Gasteiger partial charge in [0, 0.05) is 28.9 Å². The molecule has 0 aliphatic heterocycles. The van der Waals surface area contributed by atoms with E-state index in [0.717, 1.165) is 0 Å². The molecule has 0 radical (unpaired) electrons. The van der Waals surface area contributed by atoms with Gasteiger partial charge in [-0.05, 0) is 54.1 Å². The van der Waals surface area contributed by atoms with Gasteiger partial charge in [0.1, 0.15) is 17.4 Å². The number of rotatable bonds is 2. The molecule has 26 heavy (non-hydrogen) atoms. The van der Waals surface area contributed by atoms with Crippen LogP contribution >= 0.6 is 0 Å². The first-order chi connectivity index (χ1) is 12.5. The average Bonchev–Trinajstić information content (AvgIpc) is 2.64. The van der Waals surface area contributed by atoms with Crippen LogP contribution in [0.25, 0.3) is 27.7 Å². The second kappa shape index (κ2) is 6.11. The molecular weight excluding hydrogens is 336 g/mol. The van der Waals surface area contributed by atoms with E-state index in [9.17, 15) is 18.7 Å². The molecule has 1 N–H and O–H groups in total. The maximum absolute atomic E-state index is 14.6. The second-order valence-electron chi connectivity index (χ2n) is 5.92. The first-order valence-corrected chi connectivity index (χ1v) is 7.93. The number of benzene rings is 3. The van der Waals surface area contributed by atoms with Crippen molar-refractivity contribution in [3.63, 3.8) is 0 Å². The number of hydrogen-bond donors (Lipinski definition) is 1. The van der Waals surface area contributed by atoms with E-state index < -0.39 is 5.82 Å². The monoisotopic (exact) mass is 349 g/mol. The van der Waals surface area contributed by atoms with Crippen LogP contribution in [0, 0.1) is 11.6 Å². The van der Waals surface area contributed by atoms with Crippen LogP contribution in [0.4, 0.5) is 8.78 Å². The maximum atomic E-state index is 14.6. The normalized spacial score (nSPS) is 11.0. The van der Waals surface area contributed by atoms with Crippen molar-refractivity contribution in [2.75, 3.05) is 0 Å². The standard InChI is InChI=1S/C21H13F2NO2/c22-14-3-5-15(6-4-14)24-10-9-21(26)18-11-19(23)17(12-20(18)24)13-1-7-16(25)8-2-13/h1-12,25H. The number of aromatic nitrogens is 1. The molecule has 0 fully saturated rings. The van der Waals surface area contributed by atoms with E-state index in [1.54, 1.807) is 41.1 Å². The van der Waals surface area contributed by atoms with Crippen molar-refractivity contribution in [1.82, 2.24) is 4.57 Å². The van der Waals surface area contributed by atoms with E-state index >= 15 is 0 Å². The second-order valence-corrected chi connectivity index (χ2v) is 5.92. The van der Waals surface area contributed by atoms with Crippen LogP contribution < -0.4 is 5.43 Å². The first kappa shape index (κ1) is 16.0. The van der Waals surface area contributed by atoms with Crippen LogP contribution in [0.15, 0.2) is 77.7 Å². The lowest BCUT2D eigenvalue weighted by Gasteiger charge is -2.13. The van der Waals surface area contributed by atoms with Crippen molar-refractivity contribution in [2.24, 2.45) is 0 Å². The molecule has 3 nitrogen and oxygen atoms in total. The minimum atomic E-state index is -0.530. The molecule has 0 amide bonds. The summed E-state index contributed by atoms with van der Waals surface area (Å²) in [6.45, 7) is 0. The lowest BCUT2D eigenvalue weighted by Crippen LogP contribution is -2.07. The zero-order valence-electron chi connectivity index (χ0n) is 13.5. The summed E-state index contributed by atoms with van der Waals surface area (Å²) >= 11 is 0. The van der Waals surface area contributed by atoms with E-state index in [1.807, 2.05) is 0 Å². The highest BCUT2D eigenvalue weighted by atomic mass is 19.1. The molecule has 0 aliphatic rings. The van der Waals surface area contributed by atoms with Crippen molar-refractivity contribution in [2.45, 2.75) is 0 Å². The fraction of sp³-hybridized carbons (Fsp3) is 0. The summed E-state index contributed by atoms with van der Waals surface area (Å²) in [5.41, 5.74) is 1.74. The van der Waals surface area contributed by atoms with Gasteiger partial charge in [-0.2, -0.15) is 0 Å². The van der Waals surface area contributed by atoms with Gasteiger partial charge in [0.05, 0.1) is 5.52 Å². The molecule has 0 unspecified atom stereocenters. The molecule has 1 aromatic heterocycles. The number of phenolic OH excluding ortho intramolecular Hbond substituents is 1. The largest absolute Gasteiger partial charge is 0.508 e. The van der Waals surface area contributed by atoms with Gasteiger partial charge in [-0.25, -0.2) is 8.78 Å². The Morgan fingerprint density at radius 2 is 1.54 bits per heavy atom. The molecule has 0 saturated heterocycles. The number of hydrogen-bond acceptors (Lipinski definition) is 2. The fourth-order valence-electron chi connectivity index (χ4n) is 2.96. The summed E-state index contributed by atoms with van der Waals surface area (Å²) in [5, 5.41) is 9.66. The highest BCUT2D eigenvalue weighted by Crippen LogP contribution is 2.29. The van der Waals surface area contributed by atoms with Crippen molar-refractivity contribution in [1.29, 1.82) is 0 Å². The SMILES string of the molecule is O=c1ccn(-c2ccc(F)cc2)c2cc(-c3ccc(O)cc3)c(F)cc12. The molecule has 0 saturated carbocycles. The molecule has 1 heterocycles. The molecule has 128 valence electrons. The van der Waals surface area contributed by atoms with Gasteiger partial charge in [-0.15, -0.1) is 0 Å². The van der Waals surface area contributed by atoms with Gasteiger partial charge in [0.25, 0.3) is 0 Å². The van der Waals surface area contributed by atoms with Crippen LogP contribution in [0.1, 0.15) is 0 Å². The Kier molecular flexibility index (Phi) is 3.77. The molecule has 0 aliphatic carbocycles. The fourth-order valence-corrected chi connectivity index (χ4v) is 2.96. The minimum absolute atomic E-state index is 0.0816. The molecule has 5 heteroatoms. The van der Waals surface area contributed by atoms with E-state index in [1.165, 1.54) is 36.4 Å². The highest BCUT2D eigenvalue weighted by molar-refractivity contribution is 5.86. The number of halogens is 2. The van der Waals surface area contributed by atoms with E-state index in [0.29, 0.717) is 22.3 Å². The van der Waals surface area contributed by atoms with Gasteiger partial charge in [0.15, 0.2) is 5.43 Å². The Balaban J connectivity index is 2.01. The smallest absolute Gasteiger partial charge is 0.189 e. The summed E-state index contributed by atoms with van der Waals surface area (Å²) in [7, 11) is 0. The topological polar surface area (TPSA) is 42.2 Å². The number of pyridine rings is 1. The molecular formula is C21H13F2NO2. The predicted octanol–water partition coefficient (Wildman–Crippen LogP) is 4.64. The molecule has 3 aromatic carbocycles. The van der Waals surface area contributed by atoms with E-state index in [-0.39, 0.29) is 22.4 Å². The molecule has 0 spiro atoms. The van der Waals surface area contributed by atoms with Gasteiger partial charge < -0.3 is 9.67 Å². The third-order valence-corrected chi connectivity index (χ3v) is 4.27. The summed E-state index contributed by atoms with van der Waals surface area (Å²) in [5.74, 6) is -0.815. The third-order valence-electron chi connectivity index (χ3n) is 4.27. The Labute approximate surface area is 147 Å². The van der Waals surface area contributed by atoms with Crippen molar-refractivity contribution < 1.29 is 13.9 Å². The minimum Gasteiger partial charge on any atom is -0.508 e. The lowest BCUT2D eigenvalue weighted by atomic mass is 10.0. The average molecular weight is 349 g/mol. The first-order valence-electron chi connectivity index (χ1n) is 7.93. The zero-order chi connectivity index (χ0) is 18.3. The Morgan fingerprint density at radius 3 is 2.23 bits per heavy atom. The number of fused-ring (bicyclic) bond motifs is 1. The Morgan fingerprint density at radius 1 is 0.846 bits per heavy atom. The van der Waals surface area contributed by atoms with Crippen molar-refractivity contribution in [3.05, 3.63) is 94.8 Å². The van der Waals surface area contributed by atoms with Crippen LogP contribution in [0.3, 0.4) is 0 Å². The Bertz CT molecular complexity index is 1160. The lowest BCUT2D eigenvalue weighted by molar-refractivity contribution is 0.475. The van der Waals surface area contributed by atoms with Gasteiger partial charge in [0.2, 0.25) is 0 Å². The molecule has 0 bridgehead atoms. The van der Waals surface area contributed by atoms with Gasteiger partial charge in [-0.3, -0.25) is 4.79 Å². The number of aromatic hydroxyl groups is 1. The highest BCUT2D eigenvalue weighted by Gasteiger charge is 2.12. The zero-order valence-corrected chi connectivity index (χ0v) is 13.5.